The third-order valence-electron chi connectivity index (χ3n) is 3.93. The first-order chi connectivity index (χ1) is 12.7. The third kappa shape index (κ3) is 3.79. The molecule has 8 heteroatoms. The summed E-state index contributed by atoms with van der Waals surface area (Å²) in [7, 11) is 0. The Kier molecular flexibility index (Phi) is 4.65. The van der Waals surface area contributed by atoms with E-state index in [0.717, 1.165) is 5.01 Å². The zero-order valence-electron chi connectivity index (χ0n) is 14.3. The highest BCUT2D eigenvalue weighted by atomic mass is 19.3. The number of hydrazine groups is 1. The molecule has 2 aromatic rings. The predicted molar refractivity (Wildman–Crippen MR) is 94.9 cm³/mol. The Morgan fingerprint density at radius 1 is 1.26 bits per heavy atom. The summed E-state index contributed by atoms with van der Waals surface area (Å²) in [4.78, 5) is 16.2. The number of amides is 1. The van der Waals surface area contributed by atoms with E-state index < -0.39 is 23.5 Å². The van der Waals surface area contributed by atoms with Crippen molar-refractivity contribution in [1.82, 2.24) is 10.4 Å². The lowest BCUT2D eigenvalue weighted by Gasteiger charge is -2.34. The summed E-state index contributed by atoms with van der Waals surface area (Å²) in [5.74, 6) is -5.50. The first-order valence-corrected chi connectivity index (χ1v) is 7.99. The zero-order valence-corrected chi connectivity index (χ0v) is 14.3. The van der Waals surface area contributed by atoms with Crippen LogP contribution < -0.4 is 5.43 Å². The summed E-state index contributed by atoms with van der Waals surface area (Å²) in [6, 6.07) is 9.65. The monoisotopic (exact) mass is 375 g/mol. The molecule has 0 aromatic heterocycles. The summed E-state index contributed by atoms with van der Waals surface area (Å²) in [6.07, 6.45) is -0.153. The largest absolute Gasteiger partial charge is 0.506 e. The van der Waals surface area contributed by atoms with Crippen LogP contribution in [0.3, 0.4) is 0 Å². The average molecular weight is 375 g/mol. The summed E-state index contributed by atoms with van der Waals surface area (Å²) in [5.41, 5.74) is 3.18. The van der Waals surface area contributed by atoms with Gasteiger partial charge in [0.2, 0.25) is 5.91 Å². The highest BCUT2D eigenvalue weighted by Gasteiger charge is 2.40. The number of carbonyl (C=O) groups is 1. The molecule has 2 N–H and O–H groups in total. The van der Waals surface area contributed by atoms with Gasteiger partial charge in [0.1, 0.15) is 17.3 Å². The number of phenolic OH excluding ortho intramolecular Hbond substituents is 1. The molecule has 1 aliphatic heterocycles. The molecule has 1 heterocycles. The maximum atomic E-state index is 14.1. The normalized spacial score (nSPS) is 13.9. The van der Waals surface area contributed by atoms with Crippen LogP contribution in [-0.2, 0) is 11.2 Å². The van der Waals surface area contributed by atoms with Crippen LogP contribution in [0, 0.1) is 5.82 Å². The number of benzene rings is 2. The van der Waals surface area contributed by atoms with Crippen molar-refractivity contribution in [3.8, 4) is 5.75 Å². The average Bonchev–Trinajstić information content (AvgIpc) is 2.59. The number of hydrogen-bond donors (Lipinski definition) is 2. The van der Waals surface area contributed by atoms with E-state index in [9.17, 15) is 23.1 Å². The summed E-state index contributed by atoms with van der Waals surface area (Å²) < 4.78 is 41.1. The molecule has 0 spiro atoms. The van der Waals surface area contributed by atoms with Crippen LogP contribution in [-0.4, -0.2) is 27.8 Å². The van der Waals surface area contributed by atoms with Crippen LogP contribution in [0.25, 0.3) is 5.70 Å². The Hall–Kier alpha value is -3.29. The minimum atomic E-state index is -3.41. The van der Waals surface area contributed by atoms with Gasteiger partial charge in [-0.15, -0.1) is 0 Å². The number of halogens is 3. The second kappa shape index (κ2) is 6.79. The fourth-order valence-electron chi connectivity index (χ4n) is 2.65. The number of rotatable bonds is 4. The van der Waals surface area contributed by atoms with Gasteiger partial charge in [-0.3, -0.25) is 10.2 Å². The Morgan fingerprint density at radius 2 is 1.93 bits per heavy atom. The van der Waals surface area contributed by atoms with Crippen molar-refractivity contribution in [1.29, 1.82) is 0 Å². The number of alkyl halides is 2. The molecule has 1 aliphatic rings. The molecule has 5 nitrogen and oxygen atoms in total. The van der Waals surface area contributed by atoms with Gasteiger partial charge < -0.3 is 5.11 Å². The van der Waals surface area contributed by atoms with E-state index in [1.807, 2.05) is 0 Å². The van der Waals surface area contributed by atoms with Crippen LogP contribution >= 0.6 is 0 Å². The van der Waals surface area contributed by atoms with E-state index in [1.165, 1.54) is 36.4 Å². The van der Waals surface area contributed by atoms with Gasteiger partial charge in [-0.2, -0.15) is 8.78 Å². The molecular formula is C19H16F3N3O2. The van der Waals surface area contributed by atoms with E-state index in [4.69, 9.17) is 0 Å². The third-order valence-corrected chi connectivity index (χ3v) is 3.93. The van der Waals surface area contributed by atoms with Crippen LogP contribution in [0.15, 0.2) is 54.0 Å². The van der Waals surface area contributed by atoms with E-state index in [-0.39, 0.29) is 23.6 Å². The molecule has 0 saturated carbocycles. The SMILES string of the molecule is C=C1c2cccc(O)c2N=C(C(C)(F)F)N1NC(=O)Cc1ccc(F)cc1. The maximum absolute atomic E-state index is 14.1. The lowest BCUT2D eigenvalue weighted by Crippen LogP contribution is -2.51. The smallest absolute Gasteiger partial charge is 0.303 e. The molecule has 140 valence electrons. The Morgan fingerprint density at radius 3 is 2.56 bits per heavy atom. The molecule has 0 bridgehead atoms. The van der Waals surface area contributed by atoms with Crippen LogP contribution in [0.2, 0.25) is 0 Å². The van der Waals surface area contributed by atoms with E-state index >= 15 is 0 Å². The Labute approximate surface area is 153 Å². The molecule has 0 atom stereocenters. The number of aliphatic imine (C=N–C) groups is 1. The van der Waals surface area contributed by atoms with Crippen LogP contribution in [0.1, 0.15) is 18.1 Å². The minimum Gasteiger partial charge on any atom is -0.506 e. The molecule has 0 saturated heterocycles. The minimum absolute atomic E-state index is 0.0388. The molecule has 27 heavy (non-hydrogen) atoms. The highest BCUT2D eigenvalue weighted by Crippen LogP contribution is 2.41. The number of fused-ring (bicyclic) bond motifs is 1. The first kappa shape index (κ1) is 18.5. The zero-order chi connectivity index (χ0) is 19.8. The fourth-order valence-corrected chi connectivity index (χ4v) is 2.65. The maximum Gasteiger partial charge on any atom is 0.303 e. The number of nitrogens with one attached hydrogen (secondary N) is 1. The second-order valence-electron chi connectivity index (χ2n) is 6.12. The molecule has 0 aliphatic carbocycles. The number of nitrogens with zero attached hydrogens (tertiary/aromatic N) is 2. The number of phenols is 1. The van der Waals surface area contributed by atoms with E-state index in [0.29, 0.717) is 18.1 Å². The quantitative estimate of drug-likeness (QED) is 0.855. The van der Waals surface area contributed by atoms with Crippen LogP contribution in [0.5, 0.6) is 5.75 Å². The van der Waals surface area contributed by atoms with Crippen molar-refractivity contribution in [2.24, 2.45) is 4.99 Å². The number of hydrogen-bond acceptors (Lipinski definition) is 4. The fraction of sp³-hybridized carbons (Fsp3) is 0.158. The molecular weight excluding hydrogens is 359 g/mol. The van der Waals surface area contributed by atoms with Crippen molar-refractivity contribution >= 4 is 23.1 Å². The molecule has 1 amide bonds. The summed E-state index contributed by atoms with van der Waals surface area (Å²) in [5, 5.41) is 10.7. The van der Waals surface area contributed by atoms with Crippen LogP contribution in [0.4, 0.5) is 18.9 Å². The van der Waals surface area contributed by atoms with E-state index in [2.05, 4.69) is 17.0 Å². The molecule has 0 radical (unpaired) electrons. The topological polar surface area (TPSA) is 64.9 Å². The van der Waals surface area contributed by atoms with Gasteiger partial charge >= 0.3 is 5.92 Å². The first-order valence-electron chi connectivity index (χ1n) is 7.99. The number of carbonyl (C=O) groups excluding carboxylic acids is 1. The van der Waals surface area contributed by atoms with Gasteiger partial charge in [-0.1, -0.05) is 30.8 Å². The highest BCUT2D eigenvalue weighted by molar-refractivity contribution is 6.03. The predicted octanol–water partition coefficient (Wildman–Crippen LogP) is 3.78. The van der Waals surface area contributed by atoms with E-state index in [1.54, 1.807) is 6.07 Å². The number of amidine groups is 1. The molecule has 2 aromatic carbocycles. The second-order valence-corrected chi connectivity index (χ2v) is 6.12. The van der Waals surface area contributed by atoms with Gasteiger partial charge in [-0.05, 0) is 23.8 Å². The van der Waals surface area contributed by atoms with Gasteiger partial charge in [0.25, 0.3) is 0 Å². The standard InChI is InChI=1S/C19H16F3N3O2/c1-11-14-4-3-5-15(26)17(14)23-18(19(2,21)22)25(11)24-16(27)10-12-6-8-13(20)9-7-12/h3-9,26H,1,10H2,2H3,(H,24,27). The number of para-hydroxylation sites is 1. The Bertz CT molecular complexity index is 934. The lowest BCUT2D eigenvalue weighted by atomic mass is 10.1. The summed E-state index contributed by atoms with van der Waals surface area (Å²) in [6.45, 7) is 4.38. The lowest BCUT2D eigenvalue weighted by molar-refractivity contribution is -0.123. The summed E-state index contributed by atoms with van der Waals surface area (Å²) >= 11 is 0. The molecule has 0 fully saturated rings. The van der Waals surface area contributed by atoms with Crippen molar-refractivity contribution in [3.63, 3.8) is 0 Å². The Balaban J connectivity index is 1.90. The van der Waals surface area contributed by atoms with Crippen molar-refractivity contribution < 1.29 is 23.1 Å². The molecule has 0 unspecified atom stereocenters. The van der Waals surface area contributed by atoms with Crippen molar-refractivity contribution in [3.05, 3.63) is 66.0 Å². The van der Waals surface area contributed by atoms with Gasteiger partial charge in [0.05, 0.1) is 12.1 Å². The van der Waals surface area contributed by atoms with Crippen molar-refractivity contribution in [2.45, 2.75) is 19.3 Å². The van der Waals surface area contributed by atoms with Gasteiger partial charge in [0.15, 0.2) is 5.84 Å². The van der Waals surface area contributed by atoms with Gasteiger partial charge in [0, 0.05) is 12.5 Å². The van der Waals surface area contributed by atoms with Gasteiger partial charge in [-0.25, -0.2) is 14.4 Å². The number of aromatic hydroxyl groups is 1. The molecule has 3 rings (SSSR count). The van der Waals surface area contributed by atoms with Crippen molar-refractivity contribution in [2.75, 3.05) is 0 Å².